The number of anilines is 2. The SMILES string of the molecule is Cc1cc(I)c2c(n1)N(c1ccc(C(F)(F)F)cc1C(F)(F)F)CC2. The third kappa shape index (κ3) is 3.42. The molecular formula is C16H11F6IN2. The number of pyridine rings is 1. The van der Waals surface area contributed by atoms with Gasteiger partial charge < -0.3 is 4.90 Å². The third-order valence-corrected chi connectivity index (χ3v) is 4.90. The molecule has 0 N–H and O–H groups in total. The predicted molar refractivity (Wildman–Crippen MR) is 88.8 cm³/mol. The van der Waals surface area contributed by atoms with Crippen molar-refractivity contribution < 1.29 is 26.3 Å². The number of hydrogen-bond acceptors (Lipinski definition) is 2. The molecule has 1 aliphatic heterocycles. The van der Waals surface area contributed by atoms with Gasteiger partial charge in [0.1, 0.15) is 5.82 Å². The van der Waals surface area contributed by atoms with Crippen molar-refractivity contribution in [2.75, 3.05) is 11.4 Å². The third-order valence-electron chi connectivity index (χ3n) is 3.94. The second kappa shape index (κ2) is 6.03. The molecule has 25 heavy (non-hydrogen) atoms. The molecule has 0 spiro atoms. The Hall–Kier alpha value is -1.52. The van der Waals surface area contributed by atoms with Gasteiger partial charge in [-0.15, -0.1) is 0 Å². The van der Waals surface area contributed by atoms with Crippen LogP contribution in [0, 0.1) is 10.5 Å². The summed E-state index contributed by atoms with van der Waals surface area (Å²) >= 11 is 2.08. The number of fused-ring (bicyclic) bond motifs is 1. The van der Waals surface area contributed by atoms with Gasteiger partial charge in [0.05, 0.1) is 16.8 Å². The van der Waals surface area contributed by atoms with Gasteiger partial charge in [0.25, 0.3) is 0 Å². The maximum Gasteiger partial charge on any atom is 0.418 e. The second-order valence-electron chi connectivity index (χ2n) is 5.68. The molecule has 0 bridgehead atoms. The van der Waals surface area contributed by atoms with Crippen LogP contribution in [0.2, 0.25) is 0 Å². The fraction of sp³-hybridized carbons (Fsp3) is 0.312. The molecule has 1 aliphatic rings. The van der Waals surface area contributed by atoms with Crippen LogP contribution in [0.25, 0.3) is 0 Å². The van der Waals surface area contributed by atoms with Gasteiger partial charge in [-0.25, -0.2) is 4.98 Å². The first kappa shape index (κ1) is 18.3. The highest BCUT2D eigenvalue weighted by atomic mass is 127. The molecule has 2 aromatic rings. The lowest BCUT2D eigenvalue weighted by Crippen LogP contribution is -2.21. The van der Waals surface area contributed by atoms with Crippen LogP contribution < -0.4 is 4.90 Å². The van der Waals surface area contributed by atoms with Crippen molar-refractivity contribution in [2.24, 2.45) is 0 Å². The minimum atomic E-state index is -4.91. The first-order valence-corrected chi connectivity index (χ1v) is 8.28. The van der Waals surface area contributed by atoms with Gasteiger partial charge in [-0.2, -0.15) is 26.3 Å². The average Bonchev–Trinajstić information content (AvgIpc) is 2.88. The summed E-state index contributed by atoms with van der Waals surface area (Å²) in [5, 5.41) is 0. The summed E-state index contributed by atoms with van der Waals surface area (Å²) in [4.78, 5) is 5.64. The van der Waals surface area contributed by atoms with Crippen LogP contribution in [0.3, 0.4) is 0 Å². The second-order valence-corrected chi connectivity index (χ2v) is 6.84. The molecule has 0 unspecified atom stereocenters. The van der Waals surface area contributed by atoms with Crippen LogP contribution in [0.1, 0.15) is 22.4 Å². The standard InChI is InChI=1S/C16H11F6IN2/c1-8-6-12(23)10-4-5-25(14(10)24-8)13-3-2-9(15(17,18)19)7-11(13)16(20,21)22/h2-3,6-7H,4-5H2,1H3. The fourth-order valence-corrected chi connectivity index (χ4v) is 3.80. The first-order chi connectivity index (χ1) is 11.5. The van der Waals surface area contributed by atoms with E-state index in [4.69, 9.17) is 0 Å². The molecular weight excluding hydrogens is 461 g/mol. The Balaban J connectivity index is 2.17. The number of aromatic nitrogens is 1. The van der Waals surface area contributed by atoms with Gasteiger partial charge in [0.2, 0.25) is 0 Å². The summed E-state index contributed by atoms with van der Waals surface area (Å²) in [6.07, 6.45) is -9.26. The Labute approximate surface area is 153 Å². The van der Waals surface area contributed by atoms with Crippen molar-refractivity contribution >= 4 is 34.1 Å². The van der Waals surface area contributed by atoms with Crippen LogP contribution in [0.5, 0.6) is 0 Å². The number of hydrogen-bond donors (Lipinski definition) is 0. The van der Waals surface area contributed by atoms with E-state index in [2.05, 4.69) is 27.6 Å². The molecule has 0 aliphatic carbocycles. The summed E-state index contributed by atoms with van der Waals surface area (Å²) in [6, 6.07) is 3.52. The van der Waals surface area contributed by atoms with Crippen LogP contribution in [-0.4, -0.2) is 11.5 Å². The highest BCUT2D eigenvalue weighted by molar-refractivity contribution is 14.1. The molecule has 3 rings (SSSR count). The molecule has 9 heteroatoms. The Morgan fingerprint density at radius 1 is 1.04 bits per heavy atom. The molecule has 0 radical (unpaired) electrons. The topological polar surface area (TPSA) is 16.1 Å². The van der Waals surface area contributed by atoms with Crippen LogP contribution in [0.15, 0.2) is 24.3 Å². The molecule has 1 aromatic carbocycles. The van der Waals surface area contributed by atoms with E-state index in [0.29, 0.717) is 24.0 Å². The Morgan fingerprint density at radius 3 is 2.32 bits per heavy atom. The van der Waals surface area contributed by atoms with Crippen LogP contribution in [-0.2, 0) is 18.8 Å². The van der Waals surface area contributed by atoms with Crippen LogP contribution in [0.4, 0.5) is 37.8 Å². The lowest BCUT2D eigenvalue weighted by atomic mass is 10.1. The minimum absolute atomic E-state index is 0.161. The first-order valence-electron chi connectivity index (χ1n) is 7.20. The zero-order chi connectivity index (χ0) is 18.6. The van der Waals surface area contributed by atoms with Gasteiger partial charge in [-0.05, 0) is 60.2 Å². The van der Waals surface area contributed by atoms with Gasteiger partial charge in [0, 0.05) is 21.4 Å². The van der Waals surface area contributed by atoms with Crippen molar-refractivity contribution in [2.45, 2.75) is 25.7 Å². The summed E-state index contributed by atoms with van der Waals surface area (Å²) < 4.78 is 79.5. The quantitative estimate of drug-likeness (QED) is 0.390. The molecule has 2 heterocycles. The average molecular weight is 472 g/mol. The maximum absolute atomic E-state index is 13.4. The summed E-state index contributed by atoms with van der Waals surface area (Å²) in [6.45, 7) is 1.95. The number of rotatable bonds is 1. The zero-order valence-electron chi connectivity index (χ0n) is 12.8. The van der Waals surface area contributed by atoms with E-state index in [1.165, 1.54) is 4.90 Å². The van der Waals surface area contributed by atoms with Crippen molar-refractivity contribution in [1.82, 2.24) is 4.98 Å². The summed E-state index contributed by atoms with van der Waals surface area (Å²) in [5.41, 5.74) is -1.51. The van der Waals surface area contributed by atoms with E-state index in [1.807, 2.05) is 6.07 Å². The molecule has 0 saturated heterocycles. The van der Waals surface area contributed by atoms with E-state index < -0.39 is 23.5 Å². The van der Waals surface area contributed by atoms with E-state index in [9.17, 15) is 26.3 Å². The highest BCUT2D eigenvalue weighted by Crippen LogP contribution is 2.44. The molecule has 0 fully saturated rings. The molecule has 1 aromatic heterocycles. The molecule has 0 atom stereocenters. The number of nitrogens with zero attached hydrogens (tertiary/aromatic N) is 2. The molecule has 0 amide bonds. The minimum Gasteiger partial charge on any atom is -0.325 e. The number of halogens is 7. The lowest BCUT2D eigenvalue weighted by Gasteiger charge is -2.24. The highest BCUT2D eigenvalue weighted by Gasteiger charge is 2.40. The Bertz CT molecular complexity index is 829. The largest absolute Gasteiger partial charge is 0.418 e. The van der Waals surface area contributed by atoms with E-state index in [0.717, 1.165) is 15.2 Å². The lowest BCUT2D eigenvalue weighted by molar-refractivity contribution is -0.142. The summed E-state index contributed by atoms with van der Waals surface area (Å²) in [5.74, 6) is 0.370. The van der Waals surface area contributed by atoms with E-state index in [1.54, 1.807) is 6.92 Å². The summed E-state index contributed by atoms with van der Waals surface area (Å²) in [7, 11) is 0. The van der Waals surface area contributed by atoms with Gasteiger partial charge in [-0.3, -0.25) is 0 Å². The van der Waals surface area contributed by atoms with Crippen molar-refractivity contribution in [3.05, 3.63) is 50.2 Å². The number of alkyl halides is 6. The fourth-order valence-electron chi connectivity index (χ4n) is 2.84. The molecule has 0 saturated carbocycles. The monoisotopic (exact) mass is 472 g/mol. The van der Waals surface area contributed by atoms with E-state index in [-0.39, 0.29) is 18.3 Å². The normalized spacial score (nSPS) is 14.8. The maximum atomic E-state index is 13.4. The number of benzene rings is 1. The molecule has 2 nitrogen and oxygen atoms in total. The Kier molecular flexibility index (Phi) is 4.41. The van der Waals surface area contributed by atoms with E-state index >= 15 is 0 Å². The number of aryl methyl sites for hydroxylation is 1. The smallest absolute Gasteiger partial charge is 0.325 e. The van der Waals surface area contributed by atoms with Crippen molar-refractivity contribution in [1.29, 1.82) is 0 Å². The van der Waals surface area contributed by atoms with Crippen molar-refractivity contribution in [3.63, 3.8) is 0 Å². The van der Waals surface area contributed by atoms with Gasteiger partial charge in [-0.1, -0.05) is 0 Å². The molecule has 134 valence electrons. The van der Waals surface area contributed by atoms with Crippen LogP contribution >= 0.6 is 22.6 Å². The zero-order valence-corrected chi connectivity index (χ0v) is 14.9. The van der Waals surface area contributed by atoms with Crippen molar-refractivity contribution in [3.8, 4) is 0 Å². The Morgan fingerprint density at radius 2 is 1.72 bits per heavy atom. The van der Waals surface area contributed by atoms with Gasteiger partial charge >= 0.3 is 12.4 Å². The van der Waals surface area contributed by atoms with Gasteiger partial charge in [0.15, 0.2) is 0 Å². The predicted octanol–water partition coefficient (Wildman–Crippen LogP) is 5.73.